The smallest absolute Gasteiger partial charge is 0.131 e. The Morgan fingerprint density at radius 1 is 1.11 bits per heavy atom. The SMILES string of the molecule is CCCn1c(C)nc(-c2cc(C)cc(C)c2)c1N. The van der Waals surface area contributed by atoms with Gasteiger partial charge < -0.3 is 10.3 Å². The van der Waals surface area contributed by atoms with E-state index >= 15 is 0 Å². The van der Waals surface area contributed by atoms with Crippen molar-refractivity contribution in [2.45, 2.75) is 40.7 Å². The van der Waals surface area contributed by atoms with Crippen molar-refractivity contribution in [3.8, 4) is 11.3 Å². The van der Waals surface area contributed by atoms with Gasteiger partial charge in [-0.05, 0) is 39.3 Å². The summed E-state index contributed by atoms with van der Waals surface area (Å²) in [6.07, 6.45) is 1.06. The number of aryl methyl sites for hydroxylation is 3. The summed E-state index contributed by atoms with van der Waals surface area (Å²) in [4.78, 5) is 4.62. The van der Waals surface area contributed by atoms with Gasteiger partial charge in [0.2, 0.25) is 0 Å². The highest BCUT2D eigenvalue weighted by Gasteiger charge is 2.13. The molecule has 0 saturated carbocycles. The highest BCUT2D eigenvalue weighted by atomic mass is 15.1. The predicted molar refractivity (Wildman–Crippen MR) is 76.6 cm³/mol. The molecule has 3 heteroatoms. The maximum atomic E-state index is 6.22. The van der Waals surface area contributed by atoms with Crippen LogP contribution in [0.3, 0.4) is 0 Å². The molecule has 0 atom stereocenters. The first-order valence-electron chi connectivity index (χ1n) is 6.44. The second-order valence-electron chi connectivity index (χ2n) is 4.92. The Morgan fingerprint density at radius 3 is 2.28 bits per heavy atom. The van der Waals surface area contributed by atoms with Gasteiger partial charge >= 0.3 is 0 Å². The largest absolute Gasteiger partial charge is 0.383 e. The van der Waals surface area contributed by atoms with Crippen molar-refractivity contribution in [3.63, 3.8) is 0 Å². The minimum absolute atomic E-state index is 0.777. The van der Waals surface area contributed by atoms with E-state index in [0.29, 0.717) is 0 Å². The average Bonchev–Trinajstić information content (AvgIpc) is 2.56. The third kappa shape index (κ3) is 2.26. The van der Waals surface area contributed by atoms with Gasteiger partial charge in [-0.2, -0.15) is 0 Å². The zero-order valence-corrected chi connectivity index (χ0v) is 11.6. The molecule has 0 amide bonds. The molecule has 18 heavy (non-hydrogen) atoms. The summed E-state index contributed by atoms with van der Waals surface area (Å²) in [6.45, 7) is 9.29. The molecular formula is C15H21N3. The number of aromatic nitrogens is 2. The summed E-state index contributed by atoms with van der Waals surface area (Å²) < 4.78 is 2.09. The first-order valence-corrected chi connectivity index (χ1v) is 6.44. The Morgan fingerprint density at radius 2 is 1.72 bits per heavy atom. The molecule has 0 saturated heterocycles. The fourth-order valence-electron chi connectivity index (χ4n) is 2.41. The zero-order chi connectivity index (χ0) is 13.3. The third-order valence-corrected chi connectivity index (χ3v) is 3.14. The third-order valence-electron chi connectivity index (χ3n) is 3.14. The molecule has 0 spiro atoms. The molecule has 1 heterocycles. The minimum Gasteiger partial charge on any atom is -0.383 e. The van der Waals surface area contributed by atoms with Crippen LogP contribution in [0, 0.1) is 20.8 Å². The lowest BCUT2D eigenvalue weighted by Gasteiger charge is -2.06. The van der Waals surface area contributed by atoms with E-state index in [9.17, 15) is 0 Å². The van der Waals surface area contributed by atoms with Gasteiger partial charge in [0.25, 0.3) is 0 Å². The summed E-state index contributed by atoms with van der Waals surface area (Å²) in [5, 5.41) is 0. The molecule has 0 aliphatic heterocycles. The first-order chi connectivity index (χ1) is 8.52. The topological polar surface area (TPSA) is 43.8 Å². The minimum atomic E-state index is 0.777. The van der Waals surface area contributed by atoms with Crippen molar-refractivity contribution in [1.29, 1.82) is 0 Å². The number of rotatable bonds is 3. The van der Waals surface area contributed by atoms with Gasteiger partial charge in [-0.15, -0.1) is 0 Å². The molecule has 2 N–H and O–H groups in total. The van der Waals surface area contributed by atoms with E-state index in [0.717, 1.165) is 35.9 Å². The number of hydrogen-bond donors (Lipinski definition) is 1. The number of imidazole rings is 1. The molecule has 3 nitrogen and oxygen atoms in total. The van der Waals surface area contributed by atoms with Gasteiger partial charge in [-0.25, -0.2) is 4.98 Å². The van der Waals surface area contributed by atoms with Crippen LogP contribution < -0.4 is 5.73 Å². The Labute approximate surface area is 109 Å². The van der Waals surface area contributed by atoms with Gasteiger partial charge in [0.15, 0.2) is 0 Å². The van der Waals surface area contributed by atoms with Crippen LogP contribution in [0.15, 0.2) is 18.2 Å². The van der Waals surface area contributed by atoms with Crippen molar-refractivity contribution in [1.82, 2.24) is 9.55 Å². The Hall–Kier alpha value is -1.77. The molecule has 0 aliphatic rings. The number of nitrogen functional groups attached to an aromatic ring is 1. The number of anilines is 1. The van der Waals surface area contributed by atoms with Gasteiger partial charge in [-0.3, -0.25) is 0 Å². The van der Waals surface area contributed by atoms with Gasteiger partial charge in [0.1, 0.15) is 17.3 Å². The van der Waals surface area contributed by atoms with E-state index in [1.165, 1.54) is 11.1 Å². The van der Waals surface area contributed by atoms with E-state index in [-0.39, 0.29) is 0 Å². The normalized spacial score (nSPS) is 10.9. The van der Waals surface area contributed by atoms with E-state index < -0.39 is 0 Å². The van der Waals surface area contributed by atoms with Gasteiger partial charge in [0.05, 0.1) is 0 Å². The van der Waals surface area contributed by atoms with Gasteiger partial charge in [0, 0.05) is 12.1 Å². The van der Waals surface area contributed by atoms with Crippen molar-refractivity contribution in [3.05, 3.63) is 35.2 Å². The standard InChI is InChI=1S/C15H21N3/c1-5-6-18-12(4)17-14(15(18)16)13-8-10(2)7-11(3)9-13/h7-9H,5-6,16H2,1-4H3. The van der Waals surface area contributed by atoms with Crippen molar-refractivity contribution in [2.24, 2.45) is 0 Å². The van der Waals surface area contributed by atoms with Crippen molar-refractivity contribution >= 4 is 5.82 Å². The van der Waals surface area contributed by atoms with Crippen LogP contribution in [0.5, 0.6) is 0 Å². The number of nitrogens with zero attached hydrogens (tertiary/aromatic N) is 2. The van der Waals surface area contributed by atoms with Crippen molar-refractivity contribution in [2.75, 3.05) is 5.73 Å². The number of nitrogens with two attached hydrogens (primary N) is 1. The Kier molecular flexibility index (Phi) is 3.41. The summed E-state index contributed by atoms with van der Waals surface area (Å²) in [6, 6.07) is 6.44. The monoisotopic (exact) mass is 243 g/mol. The van der Waals surface area contributed by atoms with Crippen LogP contribution in [0.1, 0.15) is 30.3 Å². The molecule has 0 bridgehead atoms. The van der Waals surface area contributed by atoms with Gasteiger partial charge in [-0.1, -0.05) is 24.1 Å². The van der Waals surface area contributed by atoms with E-state index in [2.05, 4.69) is 48.5 Å². The zero-order valence-electron chi connectivity index (χ0n) is 11.6. The molecule has 2 rings (SSSR count). The molecule has 0 unspecified atom stereocenters. The lowest BCUT2D eigenvalue weighted by Crippen LogP contribution is -2.04. The van der Waals surface area contributed by atoms with Crippen LogP contribution >= 0.6 is 0 Å². The predicted octanol–water partition coefficient (Wildman–Crippen LogP) is 3.47. The highest BCUT2D eigenvalue weighted by molar-refractivity contribution is 5.72. The van der Waals surface area contributed by atoms with Crippen LogP contribution in [0.2, 0.25) is 0 Å². The molecule has 0 aliphatic carbocycles. The van der Waals surface area contributed by atoms with Crippen LogP contribution in [-0.2, 0) is 6.54 Å². The fraction of sp³-hybridized carbons (Fsp3) is 0.400. The highest BCUT2D eigenvalue weighted by Crippen LogP contribution is 2.28. The maximum Gasteiger partial charge on any atom is 0.131 e. The molecule has 1 aromatic heterocycles. The van der Waals surface area contributed by atoms with E-state index in [1.807, 2.05) is 6.92 Å². The second-order valence-corrected chi connectivity index (χ2v) is 4.92. The lowest BCUT2D eigenvalue weighted by molar-refractivity contribution is 0.665. The maximum absolute atomic E-state index is 6.22. The molecule has 0 fully saturated rings. The molecule has 0 radical (unpaired) electrons. The molecule has 2 aromatic rings. The second kappa shape index (κ2) is 4.84. The molecular weight excluding hydrogens is 222 g/mol. The quantitative estimate of drug-likeness (QED) is 0.897. The van der Waals surface area contributed by atoms with Crippen LogP contribution in [0.4, 0.5) is 5.82 Å². The van der Waals surface area contributed by atoms with Crippen LogP contribution in [0.25, 0.3) is 11.3 Å². The molecule has 1 aromatic carbocycles. The summed E-state index contributed by atoms with van der Waals surface area (Å²) in [5.74, 6) is 1.77. The van der Waals surface area contributed by atoms with Crippen LogP contribution in [-0.4, -0.2) is 9.55 Å². The van der Waals surface area contributed by atoms with E-state index in [1.54, 1.807) is 0 Å². The first kappa shape index (κ1) is 12.7. The van der Waals surface area contributed by atoms with E-state index in [4.69, 9.17) is 5.73 Å². The average molecular weight is 243 g/mol. The lowest BCUT2D eigenvalue weighted by atomic mass is 10.1. The summed E-state index contributed by atoms with van der Waals surface area (Å²) in [7, 11) is 0. The number of benzene rings is 1. The Balaban J connectivity index is 2.54. The molecule has 96 valence electrons. The number of hydrogen-bond acceptors (Lipinski definition) is 2. The van der Waals surface area contributed by atoms with Crippen molar-refractivity contribution < 1.29 is 0 Å². The Bertz CT molecular complexity index is 547. The summed E-state index contributed by atoms with van der Waals surface area (Å²) in [5.41, 5.74) is 10.7. The fourth-order valence-corrected chi connectivity index (χ4v) is 2.41. The summed E-state index contributed by atoms with van der Waals surface area (Å²) >= 11 is 0.